The molecule has 17 heavy (non-hydrogen) atoms. The third-order valence-corrected chi connectivity index (χ3v) is 2.35. The Balaban J connectivity index is 2.68. The van der Waals surface area contributed by atoms with E-state index >= 15 is 0 Å². The van der Waals surface area contributed by atoms with Gasteiger partial charge in [0.2, 0.25) is 0 Å². The monoisotopic (exact) mass is 235 g/mol. The maximum Gasteiger partial charge on any atom is 0.326 e. The molecule has 0 spiro atoms. The van der Waals surface area contributed by atoms with Crippen LogP contribution in [-0.2, 0) is 4.79 Å². The molecule has 4 nitrogen and oxygen atoms in total. The highest BCUT2D eigenvalue weighted by atomic mass is 16.4. The number of carboxylic acid groups (broad SMARTS) is 1. The molecule has 1 rings (SSSR count). The Kier molecular flexibility index (Phi) is 4.69. The summed E-state index contributed by atoms with van der Waals surface area (Å²) in [6, 6.07) is 7.77. The van der Waals surface area contributed by atoms with E-state index in [0.717, 1.165) is 0 Å². The van der Waals surface area contributed by atoms with E-state index in [1.54, 1.807) is 30.3 Å². The zero-order chi connectivity index (χ0) is 12.8. The minimum Gasteiger partial charge on any atom is -0.480 e. The molecule has 0 aliphatic heterocycles. The molecule has 0 fully saturated rings. The van der Waals surface area contributed by atoms with E-state index < -0.39 is 12.0 Å². The van der Waals surface area contributed by atoms with Crippen molar-refractivity contribution in [3.63, 3.8) is 0 Å². The third kappa shape index (κ3) is 4.26. The molecule has 0 bridgehead atoms. The molecule has 4 heteroatoms. The summed E-state index contributed by atoms with van der Waals surface area (Å²) in [5.41, 5.74) is 0.475. The van der Waals surface area contributed by atoms with Gasteiger partial charge in [-0.25, -0.2) is 4.79 Å². The number of hydrogen-bond donors (Lipinski definition) is 2. The van der Waals surface area contributed by atoms with Gasteiger partial charge in [-0.2, -0.15) is 0 Å². The molecular formula is C13H17NO3. The van der Waals surface area contributed by atoms with Crippen molar-refractivity contribution in [3.05, 3.63) is 35.9 Å². The molecule has 0 heterocycles. The van der Waals surface area contributed by atoms with Gasteiger partial charge in [0.05, 0.1) is 0 Å². The summed E-state index contributed by atoms with van der Waals surface area (Å²) in [7, 11) is 0. The molecular weight excluding hydrogens is 218 g/mol. The molecule has 1 atom stereocenters. The Labute approximate surface area is 101 Å². The third-order valence-electron chi connectivity index (χ3n) is 2.35. The summed E-state index contributed by atoms with van der Waals surface area (Å²) >= 11 is 0. The van der Waals surface area contributed by atoms with Crippen LogP contribution >= 0.6 is 0 Å². The molecule has 0 aliphatic carbocycles. The minimum atomic E-state index is -0.997. The maximum absolute atomic E-state index is 11.8. The average Bonchev–Trinajstić information content (AvgIpc) is 2.28. The Bertz CT molecular complexity index is 387. The Morgan fingerprint density at radius 3 is 2.29 bits per heavy atom. The van der Waals surface area contributed by atoms with Crippen molar-refractivity contribution in [2.75, 3.05) is 0 Å². The number of benzene rings is 1. The van der Waals surface area contributed by atoms with Crippen molar-refractivity contribution in [2.24, 2.45) is 5.92 Å². The van der Waals surface area contributed by atoms with Crippen molar-refractivity contribution in [1.82, 2.24) is 5.32 Å². The first-order chi connectivity index (χ1) is 8.00. The van der Waals surface area contributed by atoms with E-state index in [0.29, 0.717) is 12.0 Å². The van der Waals surface area contributed by atoms with Crippen LogP contribution in [0.25, 0.3) is 0 Å². The van der Waals surface area contributed by atoms with Crippen molar-refractivity contribution in [1.29, 1.82) is 0 Å². The fraction of sp³-hybridized carbons (Fsp3) is 0.385. The molecule has 1 aromatic carbocycles. The number of aliphatic carboxylic acids is 1. The lowest BCUT2D eigenvalue weighted by atomic mass is 10.0. The molecule has 0 aromatic heterocycles. The molecule has 0 saturated heterocycles. The smallest absolute Gasteiger partial charge is 0.326 e. The second-order valence-electron chi connectivity index (χ2n) is 4.36. The first-order valence-electron chi connectivity index (χ1n) is 5.59. The largest absolute Gasteiger partial charge is 0.480 e. The van der Waals surface area contributed by atoms with Crippen LogP contribution in [0.15, 0.2) is 30.3 Å². The Hall–Kier alpha value is -1.84. The van der Waals surface area contributed by atoms with Crippen LogP contribution in [0.2, 0.25) is 0 Å². The second kappa shape index (κ2) is 6.03. The number of rotatable bonds is 5. The highest BCUT2D eigenvalue weighted by molar-refractivity contribution is 5.96. The van der Waals surface area contributed by atoms with E-state index in [1.807, 2.05) is 13.8 Å². The SMILES string of the molecule is CC(C)CC(NC(=O)c1ccccc1)C(=O)O. The zero-order valence-corrected chi connectivity index (χ0v) is 10.0. The lowest BCUT2D eigenvalue weighted by Crippen LogP contribution is -2.41. The van der Waals surface area contributed by atoms with E-state index in [9.17, 15) is 9.59 Å². The van der Waals surface area contributed by atoms with Gasteiger partial charge in [0.1, 0.15) is 6.04 Å². The number of amides is 1. The van der Waals surface area contributed by atoms with E-state index in [-0.39, 0.29) is 11.8 Å². The van der Waals surface area contributed by atoms with Gasteiger partial charge in [0.15, 0.2) is 0 Å². The van der Waals surface area contributed by atoms with Crippen molar-refractivity contribution in [2.45, 2.75) is 26.3 Å². The highest BCUT2D eigenvalue weighted by Gasteiger charge is 2.21. The van der Waals surface area contributed by atoms with Gasteiger partial charge in [-0.15, -0.1) is 0 Å². The molecule has 1 unspecified atom stereocenters. The topological polar surface area (TPSA) is 66.4 Å². The van der Waals surface area contributed by atoms with Crippen LogP contribution in [0.5, 0.6) is 0 Å². The van der Waals surface area contributed by atoms with Gasteiger partial charge in [-0.1, -0.05) is 32.0 Å². The molecule has 0 radical (unpaired) electrons. The second-order valence-corrected chi connectivity index (χ2v) is 4.36. The highest BCUT2D eigenvalue weighted by Crippen LogP contribution is 2.06. The van der Waals surface area contributed by atoms with Gasteiger partial charge in [0.25, 0.3) is 5.91 Å². The van der Waals surface area contributed by atoms with Gasteiger partial charge >= 0.3 is 5.97 Å². The van der Waals surface area contributed by atoms with Gasteiger partial charge in [-0.3, -0.25) is 4.79 Å². The summed E-state index contributed by atoms with van der Waals surface area (Å²) in [5.74, 6) is -1.13. The first-order valence-corrected chi connectivity index (χ1v) is 5.59. The predicted octanol–water partition coefficient (Wildman–Crippen LogP) is 1.92. The molecule has 1 amide bonds. The first kappa shape index (κ1) is 13.2. The average molecular weight is 235 g/mol. The fourth-order valence-electron chi connectivity index (χ4n) is 1.52. The molecule has 0 aliphatic rings. The van der Waals surface area contributed by atoms with Crippen LogP contribution in [0.1, 0.15) is 30.6 Å². The van der Waals surface area contributed by atoms with Crippen molar-refractivity contribution >= 4 is 11.9 Å². The van der Waals surface area contributed by atoms with E-state index in [1.165, 1.54) is 0 Å². The molecule has 1 aromatic rings. The van der Waals surface area contributed by atoms with Gasteiger partial charge < -0.3 is 10.4 Å². The summed E-state index contributed by atoms with van der Waals surface area (Å²) in [6.07, 6.45) is 0.425. The normalized spacial score (nSPS) is 12.2. The van der Waals surface area contributed by atoms with Crippen LogP contribution in [-0.4, -0.2) is 23.0 Å². The predicted molar refractivity (Wildman–Crippen MR) is 64.8 cm³/mol. The summed E-state index contributed by atoms with van der Waals surface area (Å²) in [6.45, 7) is 3.84. The lowest BCUT2D eigenvalue weighted by molar-refractivity contribution is -0.139. The van der Waals surface area contributed by atoms with Crippen molar-refractivity contribution < 1.29 is 14.7 Å². The summed E-state index contributed by atoms with van der Waals surface area (Å²) in [4.78, 5) is 22.8. The van der Waals surface area contributed by atoms with Crippen LogP contribution in [0.3, 0.4) is 0 Å². The minimum absolute atomic E-state index is 0.215. The lowest BCUT2D eigenvalue weighted by Gasteiger charge is -2.16. The van der Waals surface area contributed by atoms with E-state index in [2.05, 4.69) is 5.32 Å². The fourth-order valence-corrected chi connectivity index (χ4v) is 1.52. The number of nitrogens with one attached hydrogen (secondary N) is 1. The zero-order valence-electron chi connectivity index (χ0n) is 10.0. The number of carboxylic acids is 1. The van der Waals surface area contributed by atoms with Gasteiger partial charge in [-0.05, 0) is 24.5 Å². The Morgan fingerprint density at radius 1 is 1.24 bits per heavy atom. The summed E-state index contributed by atoms with van der Waals surface area (Å²) < 4.78 is 0. The number of carbonyl (C=O) groups excluding carboxylic acids is 1. The van der Waals surface area contributed by atoms with Crippen LogP contribution in [0, 0.1) is 5.92 Å². The molecule has 2 N–H and O–H groups in total. The van der Waals surface area contributed by atoms with Crippen LogP contribution in [0.4, 0.5) is 0 Å². The van der Waals surface area contributed by atoms with Crippen molar-refractivity contribution in [3.8, 4) is 0 Å². The Morgan fingerprint density at radius 2 is 1.82 bits per heavy atom. The molecule has 92 valence electrons. The summed E-state index contributed by atoms with van der Waals surface area (Å²) in [5, 5.41) is 11.5. The number of carbonyl (C=O) groups is 2. The molecule has 0 saturated carbocycles. The van der Waals surface area contributed by atoms with E-state index in [4.69, 9.17) is 5.11 Å². The number of hydrogen-bond acceptors (Lipinski definition) is 2. The van der Waals surface area contributed by atoms with Crippen LogP contribution < -0.4 is 5.32 Å². The van der Waals surface area contributed by atoms with Gasteiger partial charge in [0, 0.05) is 5.56 Å². The maximum atomic E-state index is 11.8. The quantitative estimate of drug-likeness (QED) is 0.819. The standard InChI is InChI=1S/C13H17NO3/c1-9(2)8-11(13(16)17)14-12(15)10-6-4-3-5-7-10/h3-7,9,11H,8H2,1-2H3,(H,14,15)(H,16,17).